The lowest BCUT2D eigenvalue weighted by Crippen LogP contribution is -2.37. The van der Waals surface area contributed by atoms with E-state index in [1.165, 1.54) is 25.1 Å². The van der Waals surface area contributed by atoms with E-state index in [-0.39, 0.29) is 23.3 Å². The van der Waals surface area contributed by atoms with Crippen LogP contribution < -0.4 is 10.6 Å². The Hall–Kier alpha value is -1.65. The number of rotatable bonds is 4. The molecule has 5 heteroatoms. The van der Waals surface area contributed by atoms with E-state index in [4.69, 9.17) is 0 Å². The smallest absolute Gasteiger partial charge is 0.254 e. The van der Waals surface area contributed by atoms with Gasteiger partial charge in [0.15, 0.2) is 11.6 Å². The van der Waals surface area contributed by atoms with Crippen molar-refractivity contribution >= 4 is 11.7 Å². The summed E-state index contributed by atoms with van der Waals surface area (Å²) in [7, 11) is 1.58. The van der Waals surface area contributed by atoms with E-state index >= 15 is 0 Å². The van der Waals surface area contributed by atoms with Crippen LogP contribution in [0.4, 0.5) is 10.2 Å². The minimum Gasteiger partial charge on any atom is -0.371 e. The Morgan fingerprint density at radius 2 is 2.16 bits per heavy atom. The van der Waals surface area contributed by atoms with Gasteiger partial charge in [-0.1, -0.05) is 12.8 Å². The van der Waals surface area contributed by atoms with E-state index in [1.54, 1.807) is 7.05 Å². The fourth-order valence-electron chi connectivity index (χ4n) is 2.65. The summed E-state index contributed by atoms with van der Waals surface area (Å²) in [5.74, 6) is -0.351. The lowest BCUT2D eigenvalue weighted by Gasteiger charge is -2.20. The first-order valence-corrected chi connectivity index (χ1v) is 6.76. The third-order valence-corrected chi connectivity index (χ3v) is 3.84. The molecule has 1 heterocycles. The molecule has 104 valence electrons. The summed E-state index contributed by atoms with van der Waals surface area (Å²) < 4.78 is 14.0. The maximum absolute atomic E-state index is 14.0. The van der Waals surface area contributed by atoms with Crippen molar-refractivity contribution in [1.29, 1.82) is 0 Å². The van der Waals surface area contributed by atoms with Crippen LogP contribution in [0.3, 0.4) is 0 Å². The first-order valence-electron chi connectivity index (χ1n) is 6.76. The van der Waals surface area contributed by atoms with E-state index < -0.39 is 5.82 Å². The van der Waals surface area contributed by atoms with Gasteiger partial charge in [-0.3, -0.25) is 4.79 Å². The van der Waals surface area contributed by atoms with Crippen LogP contribution in [0.1, 0.15) is 43.0 Å². The number of carbonyl (C=O) groups excluding carboxylic acids is 1. The van der Waals surface area contributed by atoms with Gasteiger partial charge in [0, 0.05) is 19.3 Å². The molecule has 1 aromatic heterocycles. The van der Waals surface area contributed by atoms with Crippen molar-refractivity contribution in [2.45, 2.75) is 38.6 Å². The van der Waals surface area contributed by atoms with Gasteiger partial charge in [-0.2, -0.15) is 0 Å². The normalized spacial score (nSPS) is 17.2. The van der Waals surface area contributed by atoms with Gasteiger partial charge in [-0.05, 0) is 31.7 Å². The Labute approximate surface area is 112 Å². The number of amides is 1. The molecule has 0 aliphatic heterocycles. The van der Waals surface area contributed by atoms with Crippen LogP contribution in [0.2, 0.25) is 0 Å². The van der Waals surface area contributed by atoms with Crippen LogP contribution in [-0.2, 0) is 0 Å². The second-order valence-electron chi connectivity index (χ2n) is 5.08. The zero-order chi connectivity index (χ0) is 13.8. The topological polar surface area (TPSA) is 54.0 Å². The number of pyridine rings is 1. The molecule has 0 aromatic carbocycles. The van der Waals surface area contributed by atoms with Crippen molar-refractivity contribution in [3.8, 4) is 0 Å². The fraction of sp³-hybridized carbons (Fsp3) is 0.571. The average Bonchev–Trinajstić information content (AvgIpc) is 2.92. The quantitative estimate of drug-likeness (QED) is 0.879. The Morgan fingerprint density at radius 1 is 1.47 bits per heavy atom. The molecule has 1 unspecified atom stereocenters. The van der Waals surface area contributed by atoms with Crippen molar-refractivity contribution in [3.05, 3.63) is 23.6 Å². The monoisotopic (exact) mass is 265 g/mol. The van der Waals surface area contributed by atoms with Crippen LogP contribution in [0.5, 0.6) is 0 Å². The zero-order valence-corrected chi connectivity index (χ0v) is 11.4. The number of carbonyl (C=O) groups is 1. The molecule has 1 fully saturated rings. The minimum atomic E-state index is -0.596. The van der Waals surface area contributed by atoms with Crippen molar-refractivity contribution in [1.82, 2.24) is 10.3 Å². The summed E-state index contributed by atoms with van der Waals surface area (Å²) in [4.78, 5) is 15.9. The number of halogens is 1. The van der Waals surface area contributed by atoms with Crippen molar-refractivity contribution in [2.24, 2.45) is 5.92 Å². The summed E-state index contributed by atoms with van der Waals surface area (Å²) in [6, 6.07) is 1.49. The molecule has 0 saturated heterocycles. The molecule has 0 bridgehead atoms. The fourth-order valence-corrected chi connectivity index (χ4v) is 2.65. The number of nitrogens with zero attached hydrogens (tertiary/aromatic N) is 1. The first kappa shape index (κ1) is 13.8. The second kappa shape index (κ2) is 5.99. The van der Waals surface area contributed by atoms with E-state index in [0.717, 1.165) is 12.8 Å². The number of hydrogen-bond acceptors (Lipinski definition) is 3. The van der Waals surface area contributed by atoms with Gasteiger partial charge in [-0.25, -0.2) is 9.37 Å². The van der Waals surface area contributed by atoms with E-state index in [2.05, 4.69) is 15.6 Å². The van der Waals surface area contributed by atoms with E-state index in [1.807, 2.05) is 6.92 Å². The van der Waals surface area contributed by atoms with Gasteiger partial charge < -0.3 is 10.6 Å². The Balaban J connectivity index is 2.07. The summed E-state index contributed by atoms with van der Waals surface area (Å²) in [6.45, 7) is 1.99. The number of aromatic nitrogens is 1. The SMILES string of the molecule is CNc1nccc(C(=O)NC(C)C2CCCC2)c1F. The number of nitrogens with one attached hydrogen (secondary N) is 2. The van der Waals surface area contributed by atoms with Gasteiger partial charge in [-0.15, -0.1) is 0 Å². The molecule has 1 aliphatic carbocycles. The average molecular weight is 265 g/mol. The summed E-state index contributed by atoms with van der Waals surface area (Å²) in [6.07, 6.45) is 6.16. The minimum absolute atomic E-state index is 0.0456. The van der Waals surface area contributed by atoms with Crippen LogP contribution in [-0.4, -0.2) is 24.0 Å². The van der Waals surface area contributed by atoms with E-state index in [9.17, 15) is 9.18 Å². The largest absolute Gasteiger partial charge is 0.371 e. The Bertz CT molecular complexity index is 458. The molecule has 1 aromatic rings. The lowest BCUT2D eigenvalue weighted by molar-refractivity contribution is 0.0923. The molecule has 19 heavy (non-hydrogen) atoms. The second-order valence-corrected chi connectivity index (χ2v) is 5.08. The molecular formula is C14H20FN3O. The van der Waals surface area contributed by atoms with Crippen LogP contribution in [0.25, 0.3) is 0 Å². The number of anilines is 1. The summed E-state index contributed by atoms with van der Waals surface area (Å²) in [5.41, 5.74) is 0.0456. The maximum atomic E-state index is 14.0. The molecule has 4 nitrogen and oxygen atoms in total. The highest BCUT2D eigenvalue weighted by molar-refractivity contribution is 5.95. The van der Waals surface area contributed by atoms with Gasteiger partial charge in [0.25, 0.3) is 5.91 Å². The van der Waals surface area contributed by atoms with Crippen molar-refractivity contribution in [2.75, 3.05) is 12.4 Å². The zero-order valence-electron chi connectivity index (χ0n) is 11.4. The maximum Gasteiger partial charge on any atom is 0.254 e. The highest BCUT2D eigenvalue weighted by Crippen LogP contribution is 2.27. The van der Waals surface area contributed by atoms with Gasteiger partial charge in [0.05, 0.1) is 5.56 Å². The van der Waals surface area contributed by atoms with Crippen LogP contribution >= 0.6 is 0 Å². The Kier molecular flexibility index (Phi) is 4.35. The molecule has 1 amide bonds. The molecule has 0 radical (unpaired) electrons. The molecule has 1 aliphatic rings. The summed E-state index contributed by atoms with van der Waals surface area (Å²) >= 11 is 0. The van der Waals surface area contributed by atoms with Gasteiger partial charge in [0.2, 0.25) is 0 Å². The highest BCUT2D eigenvalue weighted by atomic mass is 19.1. The van der Waals surface area contributed by atoms with Crippen molar-refractivity contribution < 1.29 is 9.18 Å². The third kappa shape index (κ3) is 3.03. The standard InChI is InChI=1S/C14H20FN3O/c1-9(10-5-3-4-6-10)18-14(19)11-7-8-17-13(16-2)12(11)15/h7-10H,3-6H2,1-2H3,(H,16,17)(H,18,19). The predicted octanol–water partition coefficient (Wildman–Crippen LogP) is 2.57. The number of hydrogen-bond donors (Lipinski definition) is 2. The summed E-state index contributed by atoms with van der Waals surface area (Å²) in [5, 5.41) is 5.53. The van der Waals surface area contributed by atoms with Crippen LogP contribution in [0, 0.1) is 11.7 Å². The van der Waals surface area contributed by atoms with Crippen LogP contribution in [0.15, 0.2) is 12.3 Å². The molecule has 2 rings (SSSR count). The molecule has 1 saturated carbocycles. The molecule has 1 atom stereocenters. The predicted molar refractivity (Wildman–Crippen MR) is 72.6 cm³/mol. The first-order chi connectivity index (χ1) is 9.13. The van der Waals surface area contributed by atoms with Gasteiger partial charge >= 0.3 is 0 Å². The highest BCUT2D eigenvalue weighted by Gasteiger charge is 2.24. The van der Waals surface area contributed by atoms with Crippen molar-refractivity contribution in [3.63, 3.8) is 0 Å². The lowest BCUT2D eigenvalue weighted by atomic mass is 9.99. The molecular weight excluding hydrogens is 245 g/mol. The van der Waals surface area contributed by atoms with E-state index in [0.29, 0.717) is 5.92 Å². The third-order valence-electron chi connectivity index (χ3n) is 3.84. The molecule has 2 N–H and O–H groups in total. The molecule has 0 spiro atoms. The Morgan fingerprint density at radius 3 is 2.79 bits per heavy atom. The van der Waals surface area contributed by atoms with Gasteiger partial charge in [0.1, 0.15) is 0 Å².